The van der Waals surface area contributed by atoms with E-state index in [4.69, 9.17) is 11.6 Å². The first-order valence-electron chi connectivity index (χ1n) is 7.77. The Morgan fingerprint density at radius 3 is 2.56 bits per heavy atom. The van der Waals surface area contributed by atoms with Crippen LogP contribution < -0.4 is 10.6 Å². The first-order valence-corrected chi connectivity index (χ1v) is 8.97. The van der Waals surface area contributed by atoms with E-state index >= 15 is 0 Å². The first kappa shape index (κ1) is 19.4. The van der Waals surface area contributed by atoms with Crippen molar-refractivity contribution in [2.24, 2.45) is 0 Å². The largest absolute Gasteiger partial charge is 0.324 e. The third kappa shape index (κ3) is 5.26. The van der Waals surface area contributed by atoms with Crippen LogP contribution >= 0.6 is 22.9 Å². The van der Waals surface area contributed by atoms with Crippen LogP contribution in [-0.2, 0) is 9.59 Å². The predicted molar refractivity (Wildman–Crippen MR) is 102 cm³/mol. The van der Waals surface area contributed by atoms with Gasteiger partial charge >= 0.3 is 0 Å². The second kappa shape index (κ2) is 8.42. The van der Waals surface area contributed by atoms with Crippen molar-refractivity contribution in [2.75, 3.05) is 24.2 Å². The molecule has 0 saturated carbocycles. The lowest BCUT2D eigenvalue weighted by atomic mass is 10.2. The number of rotatable bonds is 6. The van der Waals surface area contributed by atoms with E-state index in [9.17, 15) is 9.59 Å². The van der Waals surface area contributed by atoms with Gasteiger partial charge in [0.15, 0.2) is 5.13 Å². The molecule has 0 spiro atoms. The molecule has 0 bridgehead atoms. The molecule has 0 aliphatic carbocycles. The van der Waals surface area contributed by atoms with E-state index in [2.05, 4.69) is 15.6 Å². The molecule has 25 heavy (non-hydrogen) atoms. The Kier molecular flexibility index (Phi) is 6.52. The summed E-state index contributed by atoms with van der Waals surface area (Å²) in [5, 5.41) is 6.57. The molecule has 1 aromatic carbocycles. The number of carbonyl (C=O) groups is 2. The summed E-state index contributed by atoms with van der Waals surface area (Å²) in [5.74, 6) is -0.446. The number of aryl methyl sites for hydroxylation is 2. The van der Waals surface area contributed by atoms with Gasteiger partial charge in [0.1, 0.15) is 0 Å². The fraction of sp³-hybridized carbons (Fsp3) is 0.353. The van der Waals surface area contributed by atoms with Crippen LogP contribution in [0.1, 0.15) is 17.5 Å². The molecule has 2 N–H and O–H groups in total. The lowest BCUT2D eigenvalue weighted by Gasteiger charge is -2.22. The van der Waals surface area contributed by atoms with Crippen LogP contribution in [0.15, 0.2) is 24.3 Å². The number of aromatic nitrogens is 1. The molecular formula is C17H21ClN4O2S. The van der Waals surface area contributed by atoms with Crippen molar-refractivity contribution in [3.05, 3.63) is 39.9 Å². The Morgan fingerprint density at radius 1 is 1.28 bits per heavy atom. The number of hydrogen-bond acceptors (Lipinski definition) is 5. The quantitative estimate of drug-likeness (QED) is 0.806. The van der Waals surface area contributed by atoms with E-state index in [0.717, 1.165) is 10.6 Å². The number of thiazole rings is 1. The number of nitrogens with one attached hydrogen (secondary N) is 2. The second-order valence-corrected chi connectivity index (χ2v) is 7.38. The highest BCUT2D eigenvalue weighted by Crippen LogP contribution is 2.22. The Morgan fingerprint density at radius 2 is 1.96 bits per heavy atom. The summed E-state index contributed by atoms with van der Waals surface area (Å²) in [7, 11) is 1.72. The lowest BCUT2D eigenvalue weighted by molar-refractivity contribution is -0.122. The van der Waals surface area contributed by atoms with Crippen molar-refractivity contribution in [3.8, 4) is 0 Å². The summed E-state index contributed by atoms with van der Waals surface area (Å²) in [6.07, 6.45) is 0. The minimum atomic E-state index is -0.485. The Balaban J connectivity index is 1.90. The highest BCUT2D eigenvalue weighted by Gasteiger charge is 2.21. The Hall–Kier alpha value is -1.96. The van der Waals surface area contributed by atoms with Crippen LogP contribution in [0, 0.1) is 13.8 Å². The van der Waals surface area contributed by atoms with Gasteiger partial charge in [0.25, 0.3) is 0 Å². The number of halogens is 1. The summed E-state index contributed by atoms with van der Waals surface area (Å²) in [4.78, 5) is 31.5. The van der Waals surface area contributed by atoms with Gasteiger partial charge in [-0.2, -0.15) is 0 Å². The smallest absolute Gasteiger partial charge is 0.243 e. The number of hydrogen-bond donors (Lipinski definition) is 2. The van der Waals surface area contributed by atoms with Gasteiger partial charge in [-0.25, -0.2) is 4.98 Å². The minimum Gasteiger partial charge on any atom is -0.324 e. The lowest BCUT2D eigenvalue weighted by Crippen LogP contribution is -2.43. The van der Waals surface area contributed by atoms with Crippen LogP contribution in [0.4, 0.5) is 10.8 Å². The molecule has 1 unspecified atom stereocenters. The van der Waals surface area contributed by atoms with Crippen molar-refractivity contribution in [1.82, 2.24) is 9.88 Å². The molecular weight excluding hydrogens is 360 g/mol. The number of para-hydroxylation sites is 1. The Bertz CT molecular complexity index is 758. The molecule has 0 aliphatic rings. The normalized spacial score (nSPS) is 12.1. The highest BCUT2D eigenvalue weighted by atomic mass is 35.5. The molecule has 2 aromatic rings. The van der Waals surface area contributed by atoms with E-state index in [1.165, 1.54) is 11.3 Å². The standard InChI is InChI=1S/C17H21ClN4O2S/c1-10-12(3)25-17(19-10)21-16(24)11(2)22(4)9-15(23)20-14-8-6-5-7-13(14)18/h5-8,11H,9H2,1-4H3,(H,20,23)(H,19,21,24). The Labute approximate surface area is 156 Å². The van der Waals surface area contributed by atoms with Crippen molar-refractivity contribution in [3.63, 3.8) is 0 Å². The third-order valence-corrected chi connectivity index (χ3v) is 5.16. The van der Waals surface area contributed by atoms with Crippen molar-refractivity contribution in [1.29, 1.82) is 0 Å². The number of benzene rings is 1. The molecule has 2 rings (SSSR count). The van der Waals surface area contributed by atoms with Gasteiger partial charge in [0.2, 0.25) is 11.8 Å². The SMILES string of the molecule is Cc1nc(NC(=O)C(C)N(C)CC(=O)Nc2ccccc2Cl)sc1C. The fourth-order valence-electron chi connectivity index (χ4n) is 2.05. The summed E-state index contributed by atoms with van der Waals surface area (Å²) in [6.45, 7) is 5.66. The predicted octanol–water partition coefficient (Wildman–Crippen LogP) is 3.31. The average molecular weight is 381 g/mol. The summed E-state index contributed by atoms with van der Waals surface area (Å²) in [6, 6.07) is 6.53. The molecule has 1 atom stereocenters. The molecule has 0 saturated heterocycles. The maximum Gasteiger partial charge on any atom is 0.243 e. The van der Waals surface area contributed by atoms with Crippen molar-refractivity contribution in [2.45, 2.75) is 26.8 Å². The van der Waals surface area contributed by atoms with Gasteiger partial charge in [-0.15, -0.1) is 11.3 Å². The maximum absolute atomic E-state index is 12.3. The van der Waals surface area contributed by atoms with Crippen LogP contribution in [0.2, 0.25) is 5.02 Å². The average Bonchev–Trinajstić information content (AvgIpc) is 2.86. The van der Waals surface area contributed by atoms with E-state index < -0.39 is 6.04 Å². The molecule has 0 aliphatic heterocycles. The molecule has 2 amide bonds. The zero-order valence-corrected chi connectivity index (χ0v) is 16.2. The number of likely N-dealkylation sites (N-methyl/N-ethyl adjacent to an activating group) is 1. The van der Waals surface area contributed by atoms with Gasteiger partial charge in [-0.3, -0.25) is 14.5 Å². The highest BCUT2D eigenvalue weighted by molar-refractivity contribution is 7.15. The van der Waals surface area contributed by atoms with Crippen LogP contribution in [0.25, 0.3) is 0 Å². The fourth-order valence-corrected chi connectivity index (χ4v) is 3.05. The maximum atomic E-state index is 12.3. The topological polar surface area (TPSA) is 74.3 Å². The van der Waals surface area contributed by atoms with E-state index in [0.29, 0.717) is 15.8 Å². The number of anilines is 2. The third-order valence-electron chi connectivity index (χ3n) is 3.84. The van der Waals surface area contributed by atoms with Crippen LogP contribution in [0.5, 0.6) is 0 Å². The molecule has 134 valence electrons. The summed E-state index contributed by atoms with van der Waals surface area (Å²) in [5.41, 5.74) is 1.45. The molecule has 1 aromatic heterocycles. The monoisotopic (exact) mass is 380 g/mol. The summed E-state index contributed by atoms with van der Waals surface area (Å²) >= 11 is 7.46. The number of amides is 2. The minimum absolute atomic E-state index is 0.0652. The zero-order valence-electron chi connectivity index (χ0n) is 14.6. The number of nitrogens with zero attached hydrogens (tertiary/aromatic N) is 2. The van der Waals surface area contributed by atoms with Crippen LogP contribution in [-0.4, -0.2) is 41.3 Å². The van der Waals surface area contributed by atoms with Crippen molar-refractivity contribution >= 4 is 45.6 Å². The number of carbonyl (C=O) groups excluding carboxylic acids is 2. The van der Waals surface area contributed by atoms with Crippen molar-refractivity contribution < 1.29 is 9.59 Å². The van der Waals surface area contributed by atoms with E-state index in [1.807, 2.05) is 13.8 Å². The molecule has 6 nitrogen and oxygen atoms in total. The van der Waals surface area contributed by atoms with E-state index in [-0.39, 0.29) is 18.4 Å². The molecule has 1 heterocycles. The van der Waals surface area contributed by atoms with E-state index in [1.54, 1.807) is 43.1 Å². The van der Waals surface area contributed by atoms with Gasteiger partial charge in [0.05, 0.1) is 29.0 Å². The van der Waals surface area contributed by atoms with Crippen LogP contribution in [0.3, 0.4) is 0 Å². The van der Waals surface area contributed by atoms with Gasteiger partial charge in [-0.1, -0.05) is 23.7 Å². The molecule has 8 heteroatoms. The first-order chi connectivity index (χ1) is 11.8. The second-order valence-electron chi connectivity index (χ2n) is 5.77. The summed E-state index contributed by atoms with van der Waals surface area (Å²) < 4.78 is 0. The van der Waals surface area contributed by atoms with Gasteiger partial charge < -0.3 is 10.6 Å². The van der Waals surface area contributed by atoms with Gasteiger partial charge in [-0.05, 0) is 40.0 Å². The molecule has 0 radical (unpaired) electrons. The zero-order chi connectivity index (χ0) is 18.6. The molecule has 0 fully saturated rings. The van der Waals surface area contributed by atoms with Gasteiger partial charge in [0, 0.05) is 4.88 Å².